The molecule has 0 aliphatic carbocycles. The predicted molar refractivity (Wildman–Crippen MR) is 67.5 cm³/mol. The summed E-state index contributed by atoms with van der Waals surface area (Å²) >= 11 is 0. The van der Waals surface area contributed by atoms with E-state index >= 15 is 0 Å². The first-order valence-electron chi connectivity index (χ1n) is 6.67. The highest BCUT2D eigenvalue weighted by Gasteiger charge is 2.38. The highest BCUT2D eigenvalue weighted by atomic mass is 19.1. The van der Waals surface area contributed by atoms with Crippen LogP contribution in [0.15, 0.2) is 12.1 Å². The largest absolute Gasteiger partial charge is 0.377 e. The van der Waals surface area contributed by atoms with Gasteiger partial charge in [-0.2, -0.15) is 0 Å². The molecule has 5 heteroatoms. The lowest BCUT2D eigenvalue weighted by Crippen LogP contribution is -2.44. The smallest absolute Gasteiger partial charge is 0.152 e. The predicted octanol–water partition coefficient (Wildman–Crippen LogP) is 3.14. The second-order valence-electron chi connectivity index (χ2n) is 5.61. The van der Waals surface area contributed by atoms with Gasteiger partial charge in [-0.05, 0) is 32.7 Å². The molecule has 0 spiro atoms. The summed E-state index contributed by atoms with van der Waals surface area (Å²) in [7, 11) is 2.11. The number of anilines is 1. The van der Waals surface area contributed by atoms with Gasteiger partial charge in [0, 0.05) is 30.3 Å². The first-order valence-corrected chi connectivity index (χ1v) is 6.67. The summed E-state index contributed by atoms with van der Waals surface area (Å²) in [5, 5.41) is 2.92. The number of fused-ring (bicyclic) bond motifs is 2. The molecular weight excluding hydrogens is 253 g/mol. The molecule has 0 radical (unpaired) electrons. The van der Waals surface area contributed by atoms with Gasteiger partial charge in [-0.3, -0.25) is 0 Å². The van der Waals surface area contributed by atoms with Crippen molar-refractivity contribution in [2.24, 2.45) is 0 Å². The summed E-state index contributed by atoms with van der Waals surface area (Å²) in [6, 6.07) is 2.47. The van der Waals surface area contributed by atoms with E-state index in [1.54, 1.807) is 0 Å². The topological polar surface area (TPSA) is 15.3 Å². The Morgan fingerprint density at radius 1 is 1.05 bits per heavy atom. The highest BCUT2D eigenvalue weighted by molar-refractivity contribution is 5.47. The second kappa shape index (κ2) is 4.71. The number of nitrogens with zero attached hydrogens (tertiary/aromatic N) is 1. The van der Waals surface area contributed by atoms with Gasteiger partial charge in [-0.1, -0.05) is 0 Å². The lowest BCUT2D eigenvalue weighted by molar-refractivity contribution is 0.168. The first-order chi connectivity index (χ1) is 9.04. The fourth-order valence-electron chi connectivity index (χ4n) is 3.41. The molecule has 2 nitrogen and oxygen atoms in total. The van der Waals surface area contributed by atoms with Crippen molar-refractivity contribution in [1.29, 1.82) is 0 Å². The molecule has 2 aliphatic rings. The van der Waals surface area contributed by atoms with Crippen LogP contribution in [-0.2, 0) is 0 Å². The van der Waals surface area contributed by atoms with Crippen LogP contribution in [-0.4, -0.2) is 30.1 Å². The van der Waals surface area contributed by atoms with E-state index in [0.717, 1.165) is 37.8 Å². The Labute approximate surface area is 110 Å². The fraction of sp³-hybridized carbons (Fsp3) is 0.571. The molecule has 2 atom stereocenters. The average Bonchev–Trinajstić information content (AvgIpc) is 2.58. The molecule has 1 N–H and O–H groups in total. The number of rotatable bonds is 2. The first kappa shape index (κ1) is 12.8. The summed E-state index contributed by atoms with van der Waals surface area (Å²) in [6.07, 6.45) is 4.05. The van der Waals surface area contributed by atoms with Crippen LogP contribution in [0.5, 0.6) is 0 Å². The minimum Gasteiger partial charge on any atom is -0.377 e. The van der Waals surface area contributed by atoms with Gasteiger partial charge in [0.2, 0.25) is 0 Å². The number of benzene rings is 1. The maximum atomic E-state index is 13.6. The monoisotopic (exact) mass is 270 g/mol. The van der Waals surface area contributed by atoms with E-state index in [0.29, 0.717) is 12.1 Å². The molecule has 0 saturated carbocycles. The molecular formula is C14H17F3N2. The lowest BCUT2D eigenvalue weighted by Gasteiger charge is -2.37. The summed E-state index contributed by atoms with van der Waals surface area (Å²) in [4.78, 5) is 2.36. The molecule has 2 heterocycles. The van der Waals surface area contributed by atoms with Crippen molar-refractivity contribution in [2.45, 2.75) is 43.8 Å². The van der Waals surface area contributed by atoms with Crippen LogP contribution < -0.4 is 5.32 Å². The zero-order valence-corrected chi connectivity index (χ0v) is 10.8. The maximum Gasteiger partial charge on any atom is 0.152 e. The SMILES string of the molecule is CN1C2CCC1CC(Nc1c(F)cc(F)cc1F)C2. The summed E-state index contributed by atoms with van der Waals surface area (Å²) in [6.45, 7) is 0. The lowest BCUT2D eigenvalue weighted by atomic mass is 9.97. The minimum absolute atomic E-state index is 0.0585. The van der Waals surface area contributed by atoms with Gasteiger partial charge in [-0.15, -0.1) is 0 Å². The molecule has 2 bridgehead atoms. The molecule has 2 saturated heterocycles. The van der Waals surface area contributed by atoms with Crippen LogP contribution in [0.1, 0.15) is 25.7 Å². The van der Waals surface area contributed by atoms with Gasteiger partial charge in [0.15, 0.2) is 11.6 Å². The van der Waals surface area contributed by atoms with Gasteiger partial charge < -0.3 is 10.2 Å². The Hall–Kier alpha value is -1.23. The Kier molecular flexibility index (Phi) is 3.17. The number of piperidine rings is 1. The van der Waals surface area contributed by atoms with Crippen LogP contribution in [0, 0.1) is 17.5 Å². The van der Waals surface area contributed by atoms with Crippen molar-refractivity contribution in [3.05, 3.63) is 29.6 Å². The third-order valence-corrected chi connectivity index (χ3v) is 4.45. The van der Waals surface area contributed by atoms with Crippen LogP contribution in [0.25, 0.3) is 0 Å². The maximum absolute atomic E-state index is 13.6. The van der Waals surface area contributed by atoms with E-state index in [1.165, 1.54) is 0 Å². The fourth-order valence-corrected chi connectivity index (χ4v) is 3.41. The van der Waals surface area contributed by atoms with Crippen LogP contribution in [0.2, 0.25) is 0 Å². The van der Waals surface area contributed by atoms with Gasteiger partial charge >= 0.3 is 0 Å². The number of nitrogens with one attached hydrogen (secondary N) is 1. The summed E-state index contributed by atoms with van der Waals surface area (Å²) < 4.78 is 40.1. The average molecular weight is 270 g/mol. The molecule has 1 aromatic carbocycles. The number of hydrogen-bond donors (Lipinski definition) is 1. The molecule has 0 amide bonds. The minimum atomic E-state index is -0.885. The molecule has 2 fully saturated rings. The summed E-state index contributed by atoms with van der Waals surface area (Å²) in [5.74, 6) is -2.60. The van der Waals surface area contributed by atoms with E-state index in [2.05, 4.69) is 17.3 Å². The Morgan fingerprint density at radius 2 is 1.58 bits per heavy atom. The van der Waals surface area contributed by atoms with E-state index in [-0.39, 0.29) is 11.7 Å². The Balaban J connectivity index is 1.76. The zero-order chi connectivity index (χ0) is 13.6. The third kappa shape index (κ3) is 2.31. The van der Waals surface area contributed by atoms with Gasteiger partial charge in [-0.25, -0.2) is 13.2 Å². The molecule has 0 aromatic heterocycles. The van der Waals surface area contributed by atoms with E-state index in [1.807, 2.05) is 0 Å². The number of halogens is 3. The molecule has 2 aliphatic heterocycles. The van der Waals surface area contributed by atoms with Gasteiger partial charge in [0.05, 0.1) is 0 Å². The van der Waals surface area contributed by atoms with Crippen molar-refractivity contribution < 1.29 is 13.2 Å². The number of hydrogen-bond acceptors (Lipinski definition) is 2. The Bertz CT molecular complexity index is 455. The van der Waals surface area contributed by atoms with Crippen molar-refractivity contribution in [2.75, 3.05) is 12.4 Å². The van der Waals surface area contributed by atoms with E-state index in [4.69, 9.17) is 0 Å². The second-order valence-corrected chi connectivity index (χ2v) is 5.61. The highest BCUT2D eigenvalue weighted by Crippen LogP contribution is 2.36. The summed E-state index contributed by atoms with van der Waals surface area (Å²) in [5.41, 5.74) is -0.199. The molecule has 104 valence electrons. The van der Waals surface area contributed by atoms with Crippen molar-refractivity contribution in [1.82, 2.24) is 4.90 Å². The van der Waals surface area contributed by atoms with Crippen LogP contribution >= 0.6 is 0 Å². The van der Waals surface area contributed by atoms with Crippen molar-refractivity contribution in [3.63, 3.8) is 0 Å². The molecule has 2 unspecified atom stereocenters. The third-order valence-electron chi connectivity index (χ3n) is 4.45. The molecule has 1 aromatic rings. The van der Waals surface area contributed by atoms with E-state index in [9.17, 15) is 13.2 Å². The van der Waals surface area contributed by atoms with Crippen LogP contribution in [0.4, 0.5) is 18.9 Å². The normalized spacial score (nSPS) is 30.6. The van der Waals surface area contributed by atoms with E-state index < -0.39 is 17.5 Å². The van der Waals surface area contributed by atoms with Gasteiger partial charge in [0.1, 0.15) is 11.5 Å². The zero-order valence-electron chi connectivity index (χ0n) is 10.8. The standard InChI is InChI=1S/C14H17F3N2/c1-19-10-2-3-11(19)7-9(6-10)18-14-12(16)4-8(15)5-13(14)17/h4-5,9-11,18H,2-3,6-7H2,1H3. The van der Waals surface area contributed by atoms with Gasteiger partial charge in [0.25, 0.3) is 0 Å². The quantitative estimate of drug-likeness (QED) is 0.888. The molecule has 3 rings (SSSR count). The Morgan fingerprint density at radius 3 is 2.11 bits per heavy atom. The van der Waals surface area contributed by atoms with Crippen molar-refractivity contribution in [3.8, 4) is 0 Å². The van der Waals surface area contributed by atoms with Crippen molar-refractivity contribution >= 4 is 5.69 Å². The van der Waals surface area contributed by atoms with Crippen LogP contribution in [0.3, 0.4) is 0 Å². The molecule has 19 heavy (non-hydrogen) atoms.